The fraction of sp³-hybridized carbons (Fsp3) is 0.867. The van der Waals surface area contributed by atoms with E-state index in [4.69, 9.17) is 4.74 Å². The Balaban J connectivity index is 0. The van der Waals surface area contributed by atoms with Crippen LogP contribution in [0, 0.1) is 0 Å². The molecule has 12 heteroatoms. The van der Waals surface area contributed by atoms with Gasteiger partial charge in [0.1, 0.15) is 5.25 Å². The van der Waals surface area contributed by atoms with Crippen LogP contribution in [-0.4, -0.2) is 36.6 Å². The first-order valence-corrected chi connectivity index (χ1v) is 9.11. The van der Waals surface area contributed by atoms with Crippen molar-refractivity contribution in [3.05, 3.63) is 0 Å². The SMILES string of the molecule is CCCCCCCCOC(=O)CC(SOO[O-])C(=O)OCCC(F)(F)F.[K+]. The van der Waals surface area contributed by atoms with Crippen molar-refractivity contribution in [2.75, 3.05) is 13.2 Å². The zero-order chi connectivity index (χ0) is 19.8. The molecule has 1 unspecified atom stereocenters. The number of esters is 2. The van der Waals surface area contributed by atoms with Crippen molar-refractivity contribution in [2.45, 2.75) is 69.7 Å². The number of hydrogen-bond donors (Lipinski definition) is 0. The number of unbranched alkanes of at least 4 members (excludes halogenated alkanes) is 5. The molecule has 0 saturated carbocycles. The zero-order valence-corrected chi connectivity index (χ0v) is 19.5. The van der Waals surface area contributed by atoms with E-state index in [1.54, 1.807) is 0 Å². The monoisotopic (exact) mass is 444 g/mol. The molecule has 1 atom stereocenters. The van der Waals surface area contributed by atoms with E-state index in [1.807, 2.05) is 0 Å². The van der Waals surface area contributed by atoms with E-state index in [9.17, 15) is 28.0 Å². The summed E-state index contributed by atoms with van der Waals surface area (Å²) in [4.78, 5) is 23.4. The summed E-state index contributed by atoms with van der Waals surface area (Å²) in [6.07, 6.45) is -0.329. The standard InChI is InChI=1S/C15H25F3O7S.K/c1-2-3-4-5-6-7-9-22-13(19)11-12(26-25-24-21)14(20)23-10-8-15(16,17)18;/h12,21H,2-11H2,1H3;/q;+1/p-1. The van der Waals surface area contributed by atoms with Crippen molar-refractivity contribution in [2.24, 2.45) is 0 Å². The Bertz CT molecular complexity index is 400. The molecule has 0 radical (unpaired) electrons. The van der Waals surface area contributed by atoms with Crippen LogP contribution in [0.2, 0.25) is 0 Å². The summed E-state index contributed by atoms with van der Waals surface area (Å²) < 4.78 is 49.5. The second-order valence-electron chi connectivity index (χ2n) is 5.45. The minimum atomic E-state index is -4.48. The Morgan fingerprint density at radius 1 is 1.04 bits per heavy atom. The van der Waals surface area contributed by atoms with Gasteiger partial charge in [-0.15, -0.1) is 0 Å². The zero-order valence-electron chi connectivity index (χ0n) is 15.5. The Morgan fingerprint density at radius 2 is 1.67 bits per heavy atom. The Hall–Kier alpha value is 0.596. The van der Waals surface area contributed by atoms with Gasteiger partial charge in [-0.1, -0.05) is 39.0 Å². The van der Waals surface area contributed by atoms with E-state index in [2.05, 4.69) is 21.0 Å². The molecule has 154 valence electrons. The quantitative estimate of drug-likeness (QED) is 0.0872. The first kappa shape index (κ1) is 29.8. The van der Waals surface area contributed by atoms with Crippen molar-refractivity contribution in [1.82, 2.24) is 0 Å². The van der Waals surface area contributed by atoms with Gasteiger partial charge in [-0.3, -0.25) is 14.6 Å². The molecule has 0 fully saturated rings. The minimum absolute atomic E-state index is 0. The fourth-order valence-electron chi connectivity index (χ4n) is 1.86. The van der Waals surface area contributed by atoms with Gasteiger partial charge in [0.15, 0.2) is 0 Å². The Morgan fingerprint density at radius 3 is 2.26 bits per heavy atom. The molecule has 0 heterocycles. The van der Waals surface area contributed by atoms with Crippen molar-refractivity contribution < 1.29 is 98.2 Å². The van der Waals surface area contributed by atoms with Gasteiger partial charge in [-0.25, -0.2) is 0 Å². The van der Waals surface area contributed by atoms with Crippen LogP contribution >= 0.6 is 12.0 Å². The van der Waals surface area contributed by atoms with E-state index in [1.165, 1.54) is 0 Å². The van der Waals surface area contributed by atoms with Crippen molar-refractivity contribution in [3.8, 4) is 0 Å². The molecule has 0 aliphatic rings. The molecule has 0 saturated heterocycles. The molecule has 0 amide bonds. The first-order chi connectivity index (χ1) is 12.3. The minimum Gasteiger partial charge on any atom is -0.691 e. The molecule has 0 aromatic rings. The summed E-state index contributed by atoms with van der Waals surface area (Å²) in [6.45, 7) is 1.38. The van der Waals surface area contributed by atoms with Crippen LogP contribution in [0.15, 0.2) is 0 Å². The second-order valence-corrected chi connectivity index (χ2v) is 6.34. The molecule has 7 nitrogen and oxygen atoms in total. The summed E-state index contributed by atoms with van der Waals surface area (Å²) in [6, 6.07) is 0. The third kappa shape index (κ3) is 19.7. The predicted octanol–water partition coefficient (Wildman–Crippen LogP) is 0.0201. The molecule has 0 bridgehead atoms. The summed E-state index contributed by atoms with van der Waals surface area (Å²) in [5, 5.41) is 11.6. The van der Waals surface area contributed by atoms with Crippen molar-refractivity contribution in [3.63, 3.8) is 0 Å². The third-order valence-corrected chi connectivity index (χ3v) is 3.91. The van der Waals surface area contributed by atoms with Crippen LogP contribution < -0.4 is 56.6 Å². The van der Waals surface area contributed by atoms with E-state index < -0.39 is 42.8 Å². The van der Waals surface area contributed by atoms with Gasteiger partial charge in [-0.05, 0) is 6.42 Å². The number of hydrogen-bond acceptors (Lipinski definition) is 8. The van der Waals surface area contributed by atoms with E-state index >= 15 is 0 Å². The number of alkyl halides is 3. The van der Waals surface area contributed by atoms with Crippen molar-refractivity contribution >= 4 is 24.0 Å². The maximum Gasteiger partial charge on any atom is 1.00 e. The van der Waals surface area contributed by atoms with Crippen LogP contribution in [0.3, 0.4) is 0 Å². The topological polar surface area (TPSA) is 94.1 Å². The largest absolute Gasteiger partial charge is 1.00 e. The predicted molar refractivity (Wildman–Crippen MR) is 84.1 cm³/mol. The van der Waals surface area contributed by atoms with Crippen LogP contribution in [0.5, 0.6) is 0 Å². The fourth-order valence-corrected chi connectivity index (χ4v) is 2.34. The van der Waals surface area contributed by atoms with E-state index in [-0.39, 0.29) is 70.0 Å². The second kappa shape index (κ2) is 18.6. The van der Waals surface area contributed by atoms with Crippen molar-refractivity contribution in [1.29, 1.82) is 0 Å². The number of ether oxygens (including phenoxy) is 2. The number of carbonyl (C=O) groups is 2. The molecule has 0 N–H and O–H groups in total. The number of rotatable bonds is 15. The molecule has 0 spiro atoms. The van der Waals surface area contributed by atoms with Gasteiger partial charge in [0.2, 0.25) is 0 Å². The van der Waals surface area contributed by atoms with Crippen LogP contribution in [0.1, 0.15) is 58.3 Å². The molecule has 0 aliphatic heterocycles. The maximum atomic E-state index is 12.0. The van der Waals surface area contributed by atoms with Crippen LogP contribution in [0.4, 0.5) is 13.2 Å². The van der Waals surface area contributed by atoms with Gasteiger partial charge < -0.3 is 14.7 Å². The van der Waals surface area contributed by atoms with E-state index in [0.29, 0.717) is 6.42 Å². The normalized spacial score (nSPS) is 12.2. The Kier molecular flexibility index (Phi) is 20.5. The van der Waals surface area contributed by atoms with Crippen LogP contribution in [-0.2, 0) is 28.4 Å². The smallest absolute Gasteiger partial charge is 0.691 e. The average molecular weight is 445 g/mol. The summed E-state index contributed by atoms with van der Waals surface area (Å²) in [5.74, 6) is -1.88. The number of halogens is 3. The summed E-state index contributed by atoms with van der Waals surface area (Å²) >= 11 is 0.177. The summed E-state index contributed by atoms with van der Waals surface area (Å²) in [5.41, 5.74) is 0. The molecule has 0 aromatic carbocycles. The molecule has 0 rings (SSSR count). The molecular formula is C15H24F3KO7S. The average Bonchev–Trinajstić information content (AvgIpc) is 2.56. The van der Waals surface area contributed by atoms with Gasteiger partial charge >= 0.3 is 69.5 Å². The number of carbonyl (C=O) groups excluding carboxylic acids is 2. The Labute approximate surface area is 203 Å². The maximum absolute atomic E-state index is 12.0. The van der Waals surface area contributed by atoms with Gasteiger partial charge in [-0.2, -0.15) is 17.5 Å². The van der Waals surface area contributed by atoms with Crippen LogP contribution in [0.25, 0.3) is 0 Å². The molecule has 0 aliphatic carbocycles. The molecule has 0 aromatic heterocycles. The summed E-state index contributed by atoms with van der Waals surface area (Å²) in [7, 11) is 0. The van der Waals surface area contributed by atoms with Gasteiger partial charge in [0.25, 0.3) is 0 Å². The molecular weight excluding hydrogens is 420 g/mol. The van der Waals surface area contributed by atoms with E-state index in [0.717, 1.165) is 32.1 Å². The van der Waals surface area contributed by atoms with Gasteiger partial charge in [0, 0.05) is 12.0 Å². The molecule has 27 heavy (non-hydrogen) atoms. The first-order valence-electron chi connectivity index (χ1n) is 8.31. The third-order valence-electron chi connectivity index (χ3n) is 3.19. The van der Waals surface area contributed by atoms with Gasteiger partial charge in [0.05, 0.1) is 26.1 Å².